The van der Waals surface area contributed by atoms with E-state index >= 15 is 0 Å². The smallest absolute Gasteiger partial charge is 0.155 e. The lowest BCUT2D eigenvalue weighted by molar-refractivity contribution is 0.400. The summed E-state index contributed by atoms with van der Waals surface area (Å²) in [6, 6.07) is 4.50. The fraction of sp³-hybridized carbons (Fsp3) is 0.438. The first-order valence-corrected chi connectivity index (χ1v) is 7.55. The van der Waals surface area contributed by atoms with Crippen LogP contribution in [0.4, 0.5) is 5.69 Å². The third-order valence-electron chi connectivity index (χ3n) is 4.77. The van der Waals surface area contributed by atoms with E-state index in [1.165, 1.54) is 19.2 Å². The van der Waals surface area contributed by atoms with Gasteiger partial charge >= 0.3 is 0 Å². The van der Waals surface area contributed by atoms with Crippen LogP contribution >= 0.6 is 0 Å². The predicted octanol–water partition coefficient (Wildman–Crippen LogP) is 2.67. The third kappa shape index (κ3) is 2.33. The molecule has 5 heteroatoms. The molecule has 0 radical (unpaired) electrons. The molecule has 108 valence electrons. The molecule has 1 saturated carbocycles. The lowest BCUT2D eigenvalue weighted by atomic mass is 9.87. The fourth-order valence-corrected chi connectivity index (χ4v) is 3.70. The van der Waals surface area contributed by atoms with Crippen molar-refractivity contribution in [2.45, 2.75) is 25.8 Å². The average Bonchev–Trinajstić information content (AvgIpc) is 3.25. The molecule has 0 aromatic carbocycles. The van der Waals surface area contributed by atoms with Gasteiger partial charge in [0.05, 0.1) is 11.9 Å². The molecule has 2 aliphatic rings. The van der Waals surface area contributed by atoms with Gasteiger partial charge in [0.2, 0.25) is 0 Å². The maximum atomic E-state index is 4.43. The summed E-state index contributed by atoms with van der Waals surface area (Å²) in [6.07, 6.45) is 12.5. The van der Waals surface area contributed by atoms with E-state index in [9.17, 15) is 0 Å². The Bertz CT molecular complexity index is 631. The summed E-state index contributed by atoms with van der Waals surface area (Å²) in [4.78, 5) is 8.37. The first-order valence-electron chi connectivity index (χ1n) is 7.55. The Kier molecular flexibility index (Phi) is 2.98. The highest BCUT2D eigenvalue weighted by molar-refractivity contribution is 5.44. The fourth-order valence-electron chi connectivity index (χ4n) is 3.70. The summed E-state index contributed by atoms with van der Waals surface area (Å²) in [5.74, 6) is 3.11. The minimum Gasteiger partial charge on any atom is -0.381 e. The van der Waals surface area contributed by atoms with Gasteiger partial charge in [-0.3, -0.25) is 0 Å². The Balaban J connectivity index is 1.44. The average molecular weight is 281 g/mol. The van der Waals surface area contributed by atoms with E-state index in [1.54, 1.807) is 11.0 Å². The Labute approximate surface area is 124 Å². The minimum absolute atomic E-state index is 0.476. The molecular weight excluding hydrogens is 262 g/mol. The predicted molar refractivity (Wildman–Crippen MR) is 81.1 cm³/mol. The number of pyridine rings is 1. The van der Waals surface area contributed by atoms with Crippen LogP contribution in [-0.2, 0) is 0 Å². The third-order valence-corrected chi connectivity index (χ3v) is 4.77. The molecule has 0 amide bonds. The number of anilines is 1. The summed E-state index contributed by atoms with van der Waals surface area (Å²) >= 11 is 0. The van der Waals surface area contributed by atoms with Crippen LogP contribution in [0.1, 0.15) is 19.8 Å². The van der Waals surface area contributed by atoms with Crippen LogP contribution in [0.25, 0.3) is 5.82 Å². The molecule has 0 spiro atoms. The number of allylic oxidation sites excluding steroid dienone is 2. The summed E-state index contributed by atoms with van der Waals surface area (Å²) < 4.78 is 1.66. The zero-order chi connectivity index (χ0) is 14.2. The number of rotatable bonds is 4. The van der Waals surface area contributed by atoms with Crippen LogP contribution in [0, 0.1) is 17.8 Å². The molecule has 4 atom stereocenters. The second-order valence-corrected chi connectivity index (χ2v) is 6.12. The molecule has 1 N–H and O–H groups in total. The van der Waals surface area contributed by atoms with Crippen LogP contribution < -0.4 is 5.32 Å². The maximum absolute atomic E-state index is 4.43. The lowest BCUT2D eigenvalue weighted by Crippen LogP contribution is -2.28. The first-order chi connectivity index (χ1) is 10.3. The second-order valence-electron chi connectivity index (χ2n) is 6.12. The topological polar surface area (TPSA) is 55.6 Å². The Morgan fingerprint density at radius 1 is 1.29 bits per heavy atom. The largest absolute Gasteiger partial charge is 0.381 e. The van der Waals surface area contributed by atoms with Crippen LogP contribution in [-0.4, -0.2) is 25.8 Å². The first kappa shape index (κ1) is 12.6. The Morgan fingerprint density at radius 2 is 2.24 bits per heavy atom. The van der Waals surface area contributed by atoms with Gasteiger partial charge < -0.3 is 5.32 Å². The summed E-state index contributed by atoms with van der Waals surface area (Å²) in [6.45, 7) is 2.28. The zero-order valence-electron chi connectivity index (χ0n) is 12.1. The summed E-state index contributed by atoms with van der Waals surface area (Å²) in [5, 5.41) is 7.68. The molecule has 2 aliphatic carbocycles. The van der Waals surface area contributed by atoms with Crippen LogP contribution in [0.5, 0.6) is 0 Å². The molecule has 5 nitrogen and oxygen atoms in total. The van der Waals surface area contributed by atoms with E-state index in [0.29, 0.717) is 6.04 Å². The van der Waals surface area contributed by atoms with E-state index in [0.717, 1.165) is 29.3 Å². The Hall–Kier alpha value is -2.17. The number of fused-ring (bicyclic) bond motifs is 2. The van der Waals surface area contributed by atoms with Gasteiger partial charge in [0, 0.05) is 6.04 Å². The number of nitrogens with zero attached hydrogens (tertiary/aromatic N) is 4. The minimum atomic E-state index is 0.476. The highest BCUT2D eigenvalue weighted by Gasteiger charge is 2.38. The van der Waals surface area contributed by atoms with Crippen LogP contribution in [0.15, 0.2) is 43.1 Å². The molecule has 0 saturated heterocycles. The van der Waals surface area contributed by atoms with Crippen molar-refractivity contribution in [2.75, 3.05) is 5.32 Å². The van der Waals surface area contributed by atoms with Gasteiger partial charge in [-0.15, -0.1) is 0 Å². The second kappa shape index (κ2) is 4.98. The van der Waals surface area contributed by atoms with E-state index in [4.69, 9.17) is 0 Å². The standard InChI is InChI=1S/C16H19N5/c1-11(15-7-12-2-3-13(15)6-12)20-14-4-5-16(18-8-14)21-10-17-9-19-21/h2-5,8-13,15,20H,6-7H2,1H3. The van der Waals surface area contributed by atoms with Crippen molar-refractivity contribution in [2.24, 2.45) is 17.8 Å². The van der Waals surface area contributed by atoms with Gasteiger partial charge in [0.15, 0.2) is 5.82 Å². The zero-order valence-corrected chi connectivity index (χ0v) is 12.1. The molecule has 4 rings (SSSR count). The van der Waals surface area contributed by atoms with Crippen molar-refractivity contribution in [3.8, 4) is 5.82 Å². The van der Waals surface area contributed by atoms with Gasteiger partial charge in [-0.05, 0) is 49.7 Å². The van der Waals surface area contributed by atoms with Gasteiger partial charge in [-0.2, -0.15) is 5.10 Å². The molecule has 0 aliphatic heterocycles. The maximum Gasteiger partial charge on any atom is 0.155 e. The van der Waals surface area contributed by atoms with E-state index in [-0.39, 0.29) is 0 Å². The van der Waals surface area contributed by atoms with Crippen LogP contribution in [0.2, 0.25) is 0 Å². The quantitative estimate of drug-likeness (QED) is 0.875. The van der Waals surface area contributed by atoms with Gasteiger partial charge in [-0.25, -0.2) is 14.6 Å². The number of hydrogen-bond donors (Lipinski definition) is 1. The lowest BCUT2D eigenvalue weighted by Gasteiger charge is -2.27. The highest BCUT2D eigenvalue weighted by atomic mass is 15.3. The van der Waals surface area contributed by atoms with Crippen molar-refractivity contribution >= 4 is 5.69 Å². The molecule has 2 heterocycles. The SMILES string of the molecule is CC(Nc1ccc(-n2cncn2)nc1)C1CC2C=CC1C2. The number of nitrogens with one attached hydrogen (secondary N) is 1. The van der Waals surface area contributed by atoms with Crippen molar-refractivity contribution in [3.05, 3.63) is 43.1 Å². The van der Waals surface area contributed by atoms with Crippen molar-refractivity contribution in [1.82, 2.24) is 19.7 Å². The number of hydrogen-bond acceptors (Lipinski definition) is 4. The number of aromatic nitrogens is 4. The monoisotopic (exact) mass is 281 g/mol. The molecular formula is C16H19N5. The van der Waals surface area contributed by atoms with E-state index < -0.39 is 0 Å². The van der Waals surface area contributed by atoms with Gasteiger partial charge in [0.25, 0.3) is 0 Å². The van der Waals surface area contributed by atoms with Crippen molar-refractivity contribution < 1.29 is 0 Å². The molecule has 2 aromatic rings. The van der Waals surface area contributed by atoms with E-state index in [2.05, 4.69) is 45.5 Å². The highest BCUT2D eigenvalue weighted by Crippen LogP contribution is 2.45. The van der Waals surface area contributed by atoms with E-state index in [1.807, 2.05) is 12.3 Å². The molecule has 1 fully saturated rings. The normalized spacial score (nSPS) is 28.0. The summed E-state index contributed by atoms with van der Waals surface area (Å²) in [5.41, 5.74) is 1.07. The van der Waals surface area contributed by atoms with Gasteiger partial charge in [0.1, 0.15) is 12.7 Å². The van der Waals surface area contributed by atoms with Gasteiger partial charge in [-0.1, -0.05) is 12.2 Å². The summed E-state index contributed by atoms with van der Waals surface area (Å²) in [7, 11) is 0. The molecule has 2 bridgehead atoms. The molecule has 21 heavy (non-hydrogen) atoms. The molecule has 4 unspecified atom stereocenters. The Morgan fingerprint density at radius 3 is 2.86 bits per heavy atom. The van der Waals surface area contributed by atoms with Crippen molar-refractivity contribution in [1.29, 1.82) is 0 Å². The van der Waals surface area contributed by atoms with Crippen LogP contribution in [0.3, 0.4) is 0 Å². The molecule has 2 aromatic heterocycles. The van der Waals surface area contributed by atoms with Crippen molar-refractivity contribution in [3.63, 3.8) is 0 Å².